The maximum absolute atomic E-state index is 4.42. The molecule has 2 aromatic heterocycles. The lowest BCUT2D eigenvalue weighted by atomic mass is 10.2. The van der Waals surface area contributed by atoms with Crippen molar-refractivity contribution in [2.45, 2.75) is 25.8 Å². The molecule has 6 heteroatoms. The third-order valence-corrected chi connectivity index (χ3v) is 3.16. The summed E-state index contributed by atoms with van der Waals surface area (Å²) in [5.41, 5.74) is 0.906. The molecular weight excluding hydrogens is 228 g/mol. The first-order valence-corrected chi connectivity index (χ1v) is 6.24. The first-order valence-electron chi connectivity index (χ1n) is 6.24. The van der Waals surface area contributed by atoms with Gasteiger partial charge in [-0.1, -0.05) is 0 Å². The second-order valence-corrected chi connectivity index (χ2v) is 4.68. The lowest BCUT2D eigenvalue weighted by molar-refractivity contribution is 0.532. The molecule has 1 atom stereocenters. The van der Waals surface area contributed by atoms with Gasteiger partial charge in [0, 0.05) is 12.4 Å². The Bertz CT molecular complexity index is 505. The van der Waals surface area contributed by atoms with Gasteiger partial charge in [0.2, 0.25) is 0 Å². The van der Waals surface area contributed by atoms with Gasteiger partial charge in [-0.25, -0.2) is 14.6 Å². The van der Waals surface area contributed by atoms with Crippen molar-refractivity contribution in [1.82, 2.24) is 30.0 Å². The molecule has 18 heavy (non-hydrogen) atoms. The van der Waals surface area contributed by atoms with Crippen molar-refractivity contribution in [3.63, 3.8) is 0 Å². The molecule has 1 unspecified atom stereocenters. The van der Waals surface area contributed by atoms with Crippen LogP contribution in [-0.2, 0) is 0 Å². The quantitative estimate of drug-likeness (QED) is 0.853. The Balaban J connectivity index is 1.81. The minimum Gasteiger partial charge on any atom is -0.308 e. The summed E-state index contributed by atoms with van der Waals surface area (Å²) in [6.07, 6.45) is 9.22. The van der Waals surface area contributed by atoms with Crippen molar-refractivity contribution >= 4 is 0 Å². The van der Waals surface area contributed by atoms with Gasteiger partial charge in [-0.2, -0.15) is 5.10 Å². The van der Waals surface area contributed by atoms with Crippen LogP contribution in [0.5, 0.6) is 0 Å². The maximum atomic E-state index is 4.42. The van der Waals surface area contributed by atoms with Crippen LogP contribution in [0.15, 0.2) is 25.0 Å². The second-order valence-electron chi connectivity index (χ2n) is 4.68. The van der Waals surface area contributed by atoms with Crippen molar-refractivity contribution in [1.29, 1.82) is 0 Å². The van der Waals surface area contributed by atoms with Gasteiger partial charge in [-0.05, 0) is 32.2 Å². The third kappa shape index (κ3) is 2.38. The summed E-state index contributed by atoms with van der Waals surface area (Å²) in [6, 6.07) is 0.165. The van der Waals surface area contributed by atoms with Crippen LogP contribution in [0.4, 0.5) is 0 Å². The number of hydrogen-bond acceptors (Lipinski definition) is 5. The zero-order valence-corrected chi connectivity index (χ0v) is 10.3. The number of hydrogen-bond donors (Lipinski definition) is 1. The Labute approximate surface area is 105 Å². The van der Waals surface area contributed by atoms with Crippen molar-refractivity contribution in [2.24, 2.45) is 5.92 Å². The highest BCUT2D eigenvalue weighted by molar-refractivity contribution is 5.28. The van der Waals surface area contributed by atoms with E-state index in [-0.39, 0.29) is 6.04 Å². The fourth-order valence-electron chi connectivity index (χ4n) is 1.90. The normalized spacial score (nSPS) is 16.7. The van der Waals surface area contributed by atoms with Gasteiger partial charge in [0.25, 0.3) is 0 Å². The van der Waals surface area contributed by atoms with Gasteiger partial charge < -0.3 is 5.32 Å². The molecule has 2 aromatic rings. The highest BCUT2D eigenvalue weighted by Gasteiger charge is 2.23. The maximum Gasteiger partial charge on any atom is 0.178 e. The van der Waals surface area contributed by atoms with Crippen LogP contribution in [0, 0.1) is 5.92 Å². The molecule has 0 bridgehead atoms. The molecule has 1 saturated carbocycles. The van der Waals surface area contributed by atoms with Crippen molar-refractivity contribution < 1.29 is 0 Å². The summed E-state index contributed by atoms with van der Waals surface area (Å²) < 4.78 is 1.65. The summed E-state index contributed by atoms with van der Waals surface area (Å²) in [4.78, 5) is 12.7. The molecule has 1 aliphatic carbocycles. The Kier molecular flexibility index (Phi) is 3.02. The largest absolute Gasteiger partial charge is 0.308 e. The van der Waals surface area contributed by atoms with Gasteiger partial charge in [-0.15, -0.1) is 0 Å². The molecule has 0 amide bonds. The van der Waals surface area contributed by atoms with Gasteiger partial charge in [0.15, 0.2) is 5.82 Å². The van der Waals surface area contributed by atoms with Crippen LogP contribution in [0.2, 0.25) is 0 Å². The minimum absolute atomic E-state index is 0.165. The highest BCUT2D eigenvalue weighted by Crippen LogP contribution is 2.28. The molecule has 2 heterocycles. The Morgan fingerprint density at radius 3 is 2.94 bits per heavy atom. The molecule has 0 saturated heterocycles. The van der Waals surface area contributed by atoms with Gasteiger partial charge in [-0.3, -0.25) is 4.98 Å². The topological polar surface area (TPSA) is 68.5 Å². The summed E-state index contributed by atoms with van der Waals surface area (Å²) >= 11 is 0. The average molecular weight is 244 g/mol. The SMILES string of the molecule is CC(NCC1CC1)c1nccnc1-n1cncn1. The van der Waals surface area contributed by atoms with E-state index in [0.717, 1.165) is 24.0 Å². The predicted molar refractivity (Wildman–Crippen MR) is 66.1 cm³/mol. The van der Waals surface area contributed by atoms with E-state index in [1.807, 2.05) is 0 Å². The van der Waals surface area contributed by atoms with Crippen LogP contribution in [-0.4, -0.2) is 31.3 Å². The van der Waals surface area contributed by atoms with E-state index in [0.29, 0.717) is 0 Å². The van der Waals surface area contributed by atoms with E-state index < -0.39 is 0 Å². The third-order valence-electron chi connectivity index (χ3n) is 3.16. The Morgan fingerprint density at radius 1 is 1.39 bits per heavy atom. The predicted octanol–water partition coefficient (Wildman–Crippen LogP) is 1.12. The second kappa shape index (κ2) is 4.81. The lowest BCUT2D eigenvalue weighted by Crippen LogP contribution is -2.23. The summed E-state index contributed by atoms with van der Waals surface area (Å²) in [5.74, 6) is 1.59. The van der Waals surface area contributed by atoms with Crippen molar-refractivity contribution in [3.05, 3.63) is 30.7 Å². The number of aromatic nitrogens is 5. The zero-order valence-electron chi connectivity index (χ0n) is 10.3. The van der Waals surface area contributed by atoms with Crippen LogP contribution in [0.1, 0.15) is 31.5 Å². The first kappa shape index (κ1) is 11.3. The van der Waals surface area contributed by atoms with E-state index in [9.17, 15) is 0 Å². The van der Waals surface area contributed by atoms with Crippen LogP contribution in [0.3, 0.4) is 0 Å². The van der Waals surface area contributed by atoms with Crippen LogP contribution < -0.4 is 5.32 Å². The minimum atomic E-state index is 0.165. The van der Waals surface area contributed by atoms with E-state index in [4.69, 9.17) is 0 Å². The number of nitrogens with zero attached hydrogens (tertiary/aromatic N) is 5. The van der Waals surface area contributed by atoms with Gasteiger partial charge in [0.1, 0.15) is 18.3 Å². The number of nitrogens with one attached hydrogen (secondary N) is 1. The molecule has 3 rings (SSSR count). The molecule has 0 aliphatic heterocycles. The molecule has 0 spiro atoms. The van der Waals surface area contributed by atoms with Crippen molar-refractivity contribution in [3.8, 4) is 5.82 Å². The molecule has 6 nitrogen and oxygen atoms in total. The molecule has 1 fully saturated rings. The summed E-state index contributed by atoms with van der Waals surface area (Å²) in [7, 11) is 0. The van der Waals surface area contributed by atoms with E-state index in [1.54, 1.807) is 23.4 Å². The average Bonchev–Trinajstić information content (AvgIpc) is 3.08. The highest BCUT2D eigenvalue weighted by atomic mass is 15.3. The summed E-state index contributed by atoms with van der Waals surface area (Å²) in [6.45, 7) is 3.15. The smallest absolute Gasteiger partial charge is 0.178 e. The Morgan fingerprint density at radius 2 is 2.22 bits per heavy atom. The van der Waals surface area contributed by atoms with Crippen LogP contribution >= 0.6 is 0 Å². The van der Waals surface area contributed by atoms with Gasteiger partial charge in [0.05, 0.1) is 6.04 Å². The van der Waals surface area contributed by atoms with Crippen LogP contribution in [0.25, 0.3) is 5.82 Å². The van der Waals surface area contributed by atoms with E-state index in [2.05, 4.69) is 32.3 Å². The van der Waals surface area contributed by atoms with Gasteiger partial charge >= 0.3 is 0 Å². The zero-order chi connectivity index (χ0) is 12.4. The monoisotopic (exact) mass is 244 g/mol. The fraction of sp³-hybridized carbons (Fsp3) is 0.500. The molecule has 1 N–H and O–H groups in total. The fourth-order valence-corrected chi connectivity index (χ4v) is 1.90. The molecule has 1 aliphatic rings. The molecule has 0 radical (unpaired) electrons. The molecule has 94 valence electrons. The van der Waals surface area contributed by atoms with E-state index in [1.165, 1.54) is 19.2 Å². The van der Waals surface area contributed by atoms with E-state index >= 15 is 0 Å². The molecule has 0 aromatic carbocycles. The first-order chi connectivity index (χ1) is 8.84. The number of rotatable bonds is 5. The molecular formula is C12H16N6. The van der Waals surface area contributed by atoms with Crippen molar-refractivity contribution in [2.75, 3.05) is 6.54 Å². The summed E-state index contributed by atoms with van der Waals surface area (Å²) in [5, 5.41) is 7.61. The Hall–Kier alpha value is -1.82. The standard InChI is InChI=1S/C12H16N6/c1-9(16-6-10-2-3-10)11-12(15-5-4-14-11)18-8-13-7-17-18/h4-5,7-10,16H,2-3,6H2,1H3. The lowest BCUT2D eigenvalue weighted by Gasteiger charge is -2.15.